The van der Waals surface area contributed by atoms with E-state index in [1.807, 2.05) is 6.92 Å². The first-order valence-corrected chi connectivity index (χ1v) is 8.90. The van der Waals surface area contributed by atoms with Crippen molar-refractivity contribution in [1.29, 1.82) is 0 Å². The predicted octanol–water partition coefficient (Wildman–Crippen LogP) is 3.22. The Bertz CT molecular complexity index is 597. The van der Waals surface area contributed by atoms with Crippen LogP contribution in [0.3, 0.4) is 0 Å². The summed E-state index contributed by atoms with van der Waals surface area (Å²) in [6.07, 6.45) is 1.95. The summed E-state index contributed by atoms with van der Waals surface area (Å²) < 4.78 is 32.9. The smallest absolute Gasteiger partial charge is 0.341 e. The minimum atomic E-state index is -3.91. The van der Waals surface area contributed by atoms with Gasteiger partial charge < -0.3 is 9.47 Å². The molecule has 0 fully saturated rings. The topological polar surface area (TPSA) is 69.7 Å². The first-order chi connectivity index (χ1) is 9.79. The largest absolute Gasteiger partial charge is 0.496 e. The van der Waals surface area contributed by atoms with Crippen LogP contribution in [0, 0.1) is 5.92 Å². The summed E-state index contributed by atoms with van der Waals surface area (Å²) in [5.41, 5.74) is 0.0444. The third-order valence-electron chi connectivity index (χ3n) is 2.95. The molecule has 1 aromatic carbocycles. The number of hydrogen-bond acceptors (Lipinski definition) is 5. The van der Waals surface area contributed by atoms with Gasteiger partial charge in [-0.25, -0.2) is 13.2 Å². The quantitative estimate of drug-likeness (QED) is 0.565. The van der Waals surface area contributed by atoms with Gasteiger partial charge in [0.05, 0.1) is 18.6 Å². The van der Waals surface area contributed by atoms with Crippen LogP contribution in [0.5, 0.6) is 5.75 Å². The van der Waals surface area contributed by atoms with E-state index in [1.54, 1.807) is 0 Å². The lowest BCUT2D eigenvalue weighted by atomic mass is 10.1. The van der Waals surface area contributed by atoms with Crippen molar-refractivity contribution in [3.8, 4) is 5.75 Å². The Kier molecular flexibility index (Phi) is 6.48. The number of hydrogen-bond donors (Lipinski definition) is 0. The van der Waals surface area contributed by atoms with Crippen LogP contribution < -0.4 is 4.74 Å². The van der Waals surface area contributed by atoms with Gasteiger partial charge in [0.2, 0.25) is 0 Å². The predicted molar refractivity (Wildman–Crippen MR) is 80.4 cm³/mol. The van der Waals surface area contributed by atoms with Crippen LogP contribution >= 0.6 is 10.7 Å². The molecular weight excluding hydrogens is 316 g/mol. The first kappa shape index (κ1) is 17.8. The molecule has 0 saturated carbocycles. The highest BCUT2D eigenvalue weighted by molar-refractivity contribution is 8.13. The molecule has 7 heteroatoms. The van der Waals surface area contributed by atoms with E-state index >= 15 is 0 Å². The maximum absolute atomic E-state index is 12.1. The lowest BCUT2D eigenvalue weighted by molar-refractivity contribution is 0.0440. The fourth-order valence-electron chi connectivity index (χ4n) is 1.87. The Balaban J connectivity index is 2.96. The van der Waals surface area contributed by atoms with E-state index in [2.05, 4.69) is 6.92 Å². The Hall–Kier alpha value is -1.27. The molecule has 0 amide bonds. The molecule has 0 spiro atoms. The van der Waals surface area contributed by atoms with Gasteiger partial charge in [-0.3, -0.25) is 0 Å². The molecular formula is C14H19ClO5S. The molecule has 0 heterocycles. The second-order valence-electron chi connectivity index (χ2n) is 4.79. The van der Waals surface area contributed by atoms with Gasteiger partial charge in [0.1, 0.15) is 11.3 Å². The molecule has 5 nitrogen and oxygen atoms in total. The van der Waals surface area contributed by atoms with Gasteiger partial charge in [-0.15, -0.1) is 0 Å². The van der Waals surface area contributed by atoms with Crippen molar-refractivity contribution in [2.75, 3.05) is 13.7 Å². The fraction of sp³-hybridized carbons (Fsp3) is 0.500. The summed E-state index contributed by atoms with van der Waals surface area (Å²) >= 11 is 0. The van der Waals surface area contributed by atoms with Gasteiger partial charge in [-0.2, -0.15) is 0 Å². The van der Waals surface area contributed by atoms with Crippen molar-refractivity contribution in [1.82, 2.24) is 0 Å². The van der Waals surface area contributed by atoms with Crippen LogP contribution in [0.1, 0.15) is 37.0 Å². The van der Waals surface area contributed by atoms with E-state index in [0.29, 0.717) is 0 Å². The molecule has 0 aromatic heterocycles. The highest BCUT2D eigenvalue weighted by Gasteiger charge is 2.19. The molecule has 1 atom stereocenters. The molecule has 0 aliphatic carbocycles. The Morgan fingerprint density at radius 2 is 2.05 bits per heavy atom. The summed E-state index contributed by atoms with van der Waals surface area (Å²) in [6.45, 7) is 4.30. The molecule has 1 unspecified atom stereocenters. The van der Waals surface area contributed by atoms with Crippen LogP contribution in [0.15, 0.2) is 23.1 Å². The van der Waals surface area contributed by atoms with Crippen LogP contribution in [-0.2, 0) is 13.8 Å². The zero-order valence-corrected chi connectivity index (χ0v) is 13.8. The molecule has 0 aliphatic rings. The Labute approximate surface area is 129 Å². The van der Waals surface area contributed by atoms with E-state index in [9.17, 15) is 13.2 Å². The molecule has 1 rings (SSSR count). The van der Waals surface area contributed by atoms with E-state index in [4.69, 9.17) is 20.2 Å². The molecule has 21 heavy (non-hydrogen) atoms. The summed E-state index contributed by atoms with van der Waals surface area (Å²) in [5, 5.41) is 0. The van der Waals surface area contributed by atoms with Crippen LogP contribution in [-0.4, -0.2) is 28.1 Å². The first-order valence-electron chi connectivity index (χ1n) is 6.59. The van der Waals surface area contributed by atoms with Crippen molar-refractivity contribution >= 4 is 25.7 Å². The molecule has 0 radical (unpaired) electrons. The zero-order valence-electron chi connectivity index (χ0n) is 12.3. The van der Waals surface area contributed by atoms with E-state index in [-0.39, 0.29) is 28.7 Å². The molecule has 118 valence electrons. The summed E-state index contributed by atoms with van der Waals surface area (Å²) in [7, 11) is 2.75. The van der Waals surface area contributed by atoms with Crippen molar-refractivity contribution in [3.63, 3.8) is 0 Å². The van der Waals surface area contributed by atoms with E-state index in [1.165, 1.54) is 19.2 Å². The summed E-state index contributed by atoms with van der Waals surface area (Å²) in [5.74, 6) is -0.144. The number of ether oxygens (including phenoxy) is 2. The van der Waals surface area contributed by atoms with Crippen molar-refractivity contribution in [3.05, 3.63) is 23.8 Å². The minimum absolute atomic E-state index is 0.0444. The van der Waals surface area contributed by atoms with Crippen LogP contribution in [0.4, 0.5) is 0 Å². The third kappa shape index (κ3) is 5.21. The highest BCUT2D eigenvalue weighted by atomic mass is 35.7. The third-order valence-corrected chi connectivity index (χ3v) is 4.30. The average molecular weight is 335 g/mol. The van der Waals surface area contributed by atoms with Crippen LogP contribution in [0.25, 0.3) is 0 Å². The Morgan fingerprint density at radius 1 is 1.38 bits per heavy atom. The number of esters is 1. The van der Waals surface area contributed by atoms with Crippen molar-refractivity contribution in [2.24, 2.45) is 5.92 Å². The maximum atomic E-state index is 12.1. The molecule has 0 N–H and O–H groups in total. The summed E-state index contributed by atoms with van der Waals surface area (Å²) in [4.78, 5) is 11.9. The average Bonchev–Trinajstić information content (AvgIpc) is 2.43. The lowest BCUT2D eigenvalue weighted by Gasteiger charge is -2.13. The van der Waals surface area contributed by atoms with Crippen LogP contribution in [0.2, 0.25) is 0 Å². The maximum Gasteiger partial charge on any atom is 0.341 e. The van der Waals surface area contributed by atoms with Gasteiger partial charge in [-0.1, -0.05) is 20.3 Å². The van der Waals surface area contributed by atoms with Gasteiger partial charge in [0.25, 0.3) is 9.05 Å². The van der Waals surface area contributed by atoms with Gasteiger partial charge >= 0.3 is 5.97 Å². The van der Waals surface area contributed by atoms with Crippen molar-refractivity contribution < 1.29 is 22.7 Å². The normalized spacial score (nSPS) is 12.8. The van der Waals surface area contributed by atoms with E-state index in [0.717, 1.165) is 18.9 Å². The number of rotatable bonds is 7. The molecule has 1 aromatic rings. The number of methoxy groups -OCH3 is 1. The molecule has 0 saturated heterocycles. The molecule has 0 bridgehead atoms. The van der Waals surface area contributed by atoms with Gasteiger partial charge in [0.15, 0.2) is 0 Å². The second kappa shape index (κ2) is 7.66. The monoisotopic (exact) mass is 334 g/mol. The zero-order chi connectivity index (χ0) is 16.0. The Morgan fingerprint density at radius 3 is 2.57 bits per heavy atom. The summed E-state index contributed by atoms with van der Waals surface area (Å²) in [6, 6.07) is 3.81. The number of carbonyl (C=O) groups is 1. The SMILES string of the molecule is CCCC(C)COC(=O)c1cc(S(=O)(=O)Cl)ccc1OC. The second-order valence-corrected chi connectivity index (χ2v) is 7.36. The fourth-order valence-corrected chi connectivity index (χ4v) is 2.65. The number of benzene rings is 1. The van der Waals surface area contributed by atoms with Gasteiger partial charge in [0, 0.05) is 10.7 Å². The minimum Gasteiger partial charge on any atom is -0.496 e. The van der Waals surface area contributed by atoms with Gasteiger partial charge in [-0.05, 0) is 30.5 Å². The lowest BCUT2D eigenvalue weighted by Crippen LogP contribution is -2.13. The standard InChI is InChI=1S/C14H19ClO5S/c1-4-5-10(2)9-20-14(16)12-8-11(21(15,17)18)6-7-13(12)19-3/h6-8,10H,4-5,9H2,1-3H3. The number of halogens is 1. The van der Waals surface area contributed by atoms with E-state index < -0.39 is 15.0 Å². The van der Waals surface area contributed by atoms with Crippen molar-refractivity contribution in [2.45, 2.75) is 31.6 Å². The number of carbonyl (C=O) groups excluding carboxylic acids is 1. The highest BCUT2D eigenvalue weighted by Crippen LogP contribution is 2.25. The molecule has 0 aliphatic heterocycles.